The molecule has 0 aromatic carbocycles. The Morgan fingerprint density at radius 2 is 1.55 bits per heavy atom. The summed E-state index contributed by atoms with van der Waals surface area (Å²) in [6, 6.07) is 0. The van der Waals surface area contributed by atoms with Crippen molar-refractivity contribution >= 4 is 8.03 Å². The Morgan fingerprint density at radius 3 is 1.64 bits per heavy atom. The van der Waals surface area contributed by atoms with Crippen LogP contribution in [0.2, 0.25) is 0 Å². The molecule has 0 heterocycles. The minimum atomic E-state index is -1.33. The van der Waals surface area contributed by atoms with Crippen molar-refractivity contribution in [2.75, 3.05) is 12.8 Å². The molecule has 0 bridgehead atoms. The quantitative estimate of drug-likeness (QED) is 0.616. The molecule has 0 spiro atoms. The Labute approximate surface area is 71.2 Å². The third-order valence-electron chi connectivity index (χ3n) is 1.03. The second kappa shape index (κ2) is 12.7. The van der Waals surface area contributed by atoms with Gasteiger partial charge in [0.15, 0.2) is 6.16 Å². The molecule has 68 valence electrons. The summed E-state index contributed by atoms with van der Waals surface area (Å²) in [5.41, 5.74) is 0. The molecule has 0 fully saturated rings. The Bertz CT molecular complexity index is 82.2. The van der Waals surface area contributed by atoms with Crippen molar-refractivity contribution in [1.29, 1.82) is 0 Å². The standard InChI is InChI=1S/C4H10O2P.C4H10/c1-3-6-7(5)4-2;1-3-4-2/h3-4H2,1-2H3;3-4H2,1-2H3/q+1;. The Morgan fingerprint density at radius 1 is 1.09 bits per heavy atom. The highest BCUT2D eigenvalue weighted by atomic mass is 31.1. The van der Waals surface area contributed by atoms with Crippen molar-refractivity contribution in [3.63, 3.8) is 0 Å². The SMILES string of the molecule is CCCC.CCO[P+](=O)CC. The summed E-state index contributed by atoms with van der Waals surface area (Å²) >= 11 is 0. The normalized spacial score (nSPS) is 10.0. The van der Waals surface area contributed by atoms with Crippen molar-refractivity contribution < 1.29 is 9.09 Å². The second-order valence-corrected chi connectivity index (χ2v) is 3.62. The molecule has 1 unspecified atom stereocenters. The van der Waals surface area contributed by atoms with Gasteiger partial charge in [0, 0.05) is 0 Å². The van der Waals surface area contributed by atoms with Gasteiger partial charge in [-0.25, -0.2) is 0 Å². The third-order valence-corrected chi connectivity index (χ3v) is 2.09. The summed E-state index contributed by atoms with van der Waals surface area (Å²) < 4.78 is 15.0. The van der Waals surface area contributed by atoms with E-state index in [0.717, 1.165) is 0 Å². The summed E-state index contributed by atoms with van der Waals surface area (Å²) in [7, 11) is -1.33. The fourth-order valence-electron chi connectivity index (χ4n) is 0.235. The van der Waals surface area contributed by atoms with Gasteiger partial charge < -0.3 is 0 Å². The second-order valence-electron chi connectivity index (χ2n) is 2.07. The zero-order valence-electron chi connectivity index (χ0n) is 8.09. The first kappa shape index (κ1) is 13.6. The molecule has 2 nitrogen and oxygen atoms in total. The van der Waals surface area contributed by atoms with Crippen molar-refractivity contribution in [1.82, 2.24) is 0 Å². The van der Waals surface area contributed by atoms with Crippen LogP contribution in [-0.4, -0.2) is 12.8 Å². The first-order valence-electron chi connectivity index (χ1n) is 4.30. The van der Waals surface area contributed by atoms with Crippen molar-refractivity contribution in [3.8, 4) is 0 Å². The van der Waals surface area contributed by atoms with Gasteiger partial charge in [-0.05, 0) is 18.4 Å². The lowest BCUT2D eigenvalue weighted by atomic mass is 10.4. The lowest BCUT2D eigenvalue weighted by molar-refractivity contribution is 0.351. The van der Waals surface area contributed by atoms with Crippen LogP contribution < -0.4 is 0 Å². The monoisotopic (exact) mass is 179 g/mol. The molecule has 0 aromatic heterocycles. The molecule has 0 saturated carbocycles. The molecule has 1 atom stereocenters. The van der Waals surface area contributed by atoms with E-state index in [2.05, 4.69) is 13.8 Å². The van der Waals surface area contributed by atoms with E-state index in [1.165, 1.54) is 12.8 Å². The minimum Gasteiger partial charge on any atom is -0.147 e. The molecule has 0 rings (SSSR count). The zero-order valence-corrected chi connectivity index (χ0v) is 8.99. The topological polar surface area (TPSA) is 26.3 Å². The summed E-state index contributed by atoms with van der Waals surface area (Å²) in [5.74, 6) is 0. The summed E-state index contributed by atoms with van der Waals surface area (Å²) in [6.45, 7) is 8.60. The van der Waals surface area contributed by atoms with E-state index in [4.69, 9.17) is 4.52 Å². The maximum atomic E-state index is 10.3. The summed E-state index contributed by atoms with van der Waals surface area (Å²) in [6.07, 6.45) is 3.27. The number of rotatable bonds is 4. The van der Waals surface area contributed by atoms with Crippen LogP contribution in [0.1, 0.15) is 40.5 Å². The van der Waals surface area contributed by atoms with Gasteiger partial charge in [0.1, 0.15) is 0 Å². The fraction of sp³-hybridized carbons (Fsp3) is 1.00. The van der Waals surface area contributed by atoms with Crippen LogP contribution in [0.15, 0.2) is 0 Å². The number of unbranched alkanes of at least 4 members (excludes halogenated alkanes) is 1. The van der Waals surface area contributed by atoms with Crippen molar-refractivity contribution in [3.05, 3.63) is 0 Å². The first-order chi connectivity index (χ1) is 5.22. The van der Waals surface area contributed by atoms with E-state index < -0.39 is 8.03 Å². The molecule has 0 aliphatic heterocycles. The van der Waals surface area contributed by atoms with Gasteiger partial charge in [-0.3, -0.25) is 0 Å². The molecule has 0 N–H and O–H groups in total. The zero-order chi connectivity index (χ0) is 9.11. The molecule has 0 aromatic rings. The summed E-state index contributed by atoms with van der Waals surface area (Å²) in [5, 5.41) is 0. The van der Waals surface area contributed by atoms with Crippen molar-refractivity contribution in [2.45, 2.75) is 40.5 Å². The Kier molecular flexibility index (Phi) is 15.8. The first-order valence-corrected chi connectivity index (χ1v) is 5.66. The molecule has 0 saturated heterocycles. The Hall–Kier alpha value is 0.0600. The largest absolute Gasteiger partial charge is 0.507 e. The van der Waals surface area contributed by atoms with Gasteiger partial charge in [0.2, 0.25) is 0 Å². The number of hydrogen-bond donors (Lipinski definition) is 0. The molecule has 11 heavy (non-hydrogen) atoms. The molecule has 3 heteroatoms. The minimum absolute atomic E-state index is 0.559. The fourth-order valence-corrected chi connectivity index (χ4v) is 0.706. The Balaban J connectivity index is 0. The smallest absolute Gasteiger partial charge is 0.147 e. The van der Waals surface area contributed by atoms with Gasteiger partial charge in [-0.1, -0.05) is 26.7 Å². The highest BCUT2D eigenvalue weighted by molar-refractivity contribution is 7.39. The van der Waals surface area contributed by atoms with E-state index in [-0.39, 0.29) is 0 Å². The van der Waals surface area contributed by atoms with Crippen LogP contribution in [0.25, 0.3) is 0 Å². The molecule has 0 aliphatic carbocycles. The van der Waals surface area contributed by atoms with Crippen LogP contribution in [0.4, 0.5) is 0 Å². The van der Waals surface area contributed by atoms with E-state index in [0.29, 0.717) is 12.8 Å². The molecular formula is C8H20O2P+. The molecular weight excluding hydrogens is 159 g/mol. The summed E-state index contributed by atoms with van der Waals surface area (Å²) in [4.78, 5) is 0. The molecule has 0 amide bonds. The predicted molar refractivity (Wildman–Crippen MR) is 50.4 cm³/mol. The van der Waals surface area contributed by atoms with Crippen LogP contribution in [0, 0.1) is 0 Å². The van der Waals surface area contributed by atoms with E-state index >= 15 is 0 Å². The van der Waals surface area contributed by atoms with E-state index in [9.17, 15) is 4.57 Å². The molecule has 0 aliphatic rings. The van der Waals surface area contributed by atoms with E-state index in [1.54, 1.807) is 0 Å². The van der Waals surface area contributed by atoms with E-state index in [1.807, 2.05) is 13.8 Å². The lowest BCUT2D eigenvalue weighted by Gasteiger charge is -1.75. The van der Waals surface area contributed by atoms with Gasteiger partial charge in [0.05, 0.1) is 6.61 Å². The van der Waals surface area contributed by atoms with Gasteiger partial charge in [0.25, 0.3) is 0 Å². The maximum absolute atomic E-state index is 10.3. The highest BCUT2D eigenvalue weighted by Crippen LogP contribution is 2.19. The average molecular weight is 179 g/mol. The van der Waals surface area contributed by atoms with Gasteiger partial charge in [-0.15, -0.1) is 4.52 Å². The van der Waals surface area contributed by atoms with Crippen LogP contribution in [0.5, 0.6) is 0 Å². The molecule has 0 radical (unpaired) electrons. The van der Waals surface area contributed by atoms with Gasteiger partial charge >= 0.3 is 8.03 Å². The van der Waals surface area contributed by atoms with Crippen molar-refractivity contribution in [2.24, 2.45) is 0 Å². The number of hydrogen-bond acceptors (Lipinski definition) is 2. The van der Waals surface area contributed by atoms with Gasteiger partial charge in [-0.2, -0.15) is 0 Å². The average Bonchev–Trinajstić information content (AvgIpc) is 2.05. The van der Waals surface area contributed by atoms with Crippen LogP contribution in [0.3, 0.4) is 0 Å². The van der Waals surface area contributed by atoms with Crippen LogP contribution in [-0.2, 0) is 9.09 Å². The highest BCUT2D eigenvalue weighted by Gasteiger charge is 2.08. The predicted octanol–water partition coefficient (Wildman–Crippen LogP) is 3.59. The maximum Gasteiger partial charge on any atom is 0.507 e. The lowest BCUT2D eigenvalue weighted by Crippen LogP contribution is -1.76. The third kappa shape index (κ3) is 17.8. The van der Waals surface area contributed by atoms with Crippen LogP contribution >= 0.6 is 8.03 Å².